The molecule has 1 saturated carbocycles. The maximum atomic E-state index is 13.8. The summed E-state index contributed by atoms with van der Waals surface area (Å²) in [4.78, 5) is 31.3. The molecule has 1 heterocycles. The van der Waals surface area contributed by atoms with E-state index in [2.05, 4.69) is 20.3 Å². The predicted molar refractivity (Wildman–Crippen MR) is 171 cm³/mol. The van der Waals surface area contributed by atoms with Crippen LogP contribution in [0.25, 0.3) is 0 Å². The first-order chi connectivity index (χ1) is 21.2. The Morgan fingerprint density at radius 2 is 1.55 bits per heavy atom. The molecule has 0 bridgehead atoms. The molecule has 44 heavy (non-hydrogen) atoms. The Morgan fingerprint density at radius 3 is 2.20 bits per heavy atom. The molecular formula is C33H42N6O4S. The Labute approximate surface area is 259 Å². The van der Waals surface area contributed by atoms with Gasteiger partial charge in [0.05, 0.1) is 5.75 Å². The Kier molecular flexibility index (Phi) is 12.0. The van der Waals surface area contributed by atoms with Crippen LogP contribution in [0.2, 0.25) is 0 Å². The third kappa shape index (κ3) is 10.6. The van der Waals surface area contributed by atoms with Crippen molar-refractivity contribution in [3.05, 3.63) is 101 Å². The largest absolute Gasteiger partial charge is 0.384 e. The van der Waals surface area contributed by atoms with Crippen molar-refractivity contribution in [2.75, 3.05) is 0 Å². The average molecular weight is 619 g/mol. The zero-order chi connectivity index (χ0) is 31.4. The lowest BCUT2D eigenvalue weighted by Crippen LogP contribution is -2.54. The highest BCUT2D eigenvalue weighted by Gasteiger charge is 2.31. The average Bonchev–Trinajstić information content (AvgIpc) is 3.02. The number of rotatable bonds is 15. The van der Waals surface area contributed by atoms with Gasteiger partial charge in [0, 0.05) is 24.5 Å². The van der Waals surface area contributed by atoms with Crippen LogP contribution in [0.4, 0.5) is 0 Å². The topological polar surface area (TPSA) is 167 Å². The number of nitrogens with one attached hydrogen (secondary N) is 4. The van der Waals surface area contributed by atoms with E-state index in [1.54, 1.807) is 60.9 Å². The van der Waals surface area contributed by atoms with Gasteiger partial charge in [-0.25, -0.2) is 13.1 Å². The standard InChI is InChI=1S/C33H42N6O4S/c34-31(35)28-14-11-26(12-15-28)22-37-32(40)29(16-13-24-17-19-36-20-18-24)38-33(41)30(21-25-7-3-1-4-8-25)39-44(42,43)23-27-9-5-2-6-10-27/h2,5-6,9-12,14-15,17-20,25,29-30,39H,1,3-4,7-8,13,16,21-23H2,(H3,34,35)(H,37,40)(H,38,41)/t29-,30-/m1/s1. The number of hydrogen-bond donors (Lipinski definition) is 5. The van der Waals surface area contributed by atoms with Crippen molar-refractivity contribution in [3.8, 4) is 0 Å². The van der Waals surface area contributed by atoms with Crippen LogP contribution in [-0.2, 0) is 38.3 Å². The summed E-state index contributed by atoms with van der Waals surface area (Å²) in [5, 5.41) is 13.3. The molecule has 2 atom stereocenters. The van der Waals surface area contributed by atoms with Gasteiger partial charge in [0.1, 0.15) is 17.9 Å². The number of nitrogens with two attached hydrogens (primary N) is 1. The van der Waals surface area contributed by atoms with Crippen LogP contribution in [0.1, 0.15) is 67.2 Å². The Morgan fingerprint density at radius 1 is 0.864 bits per heavy atom. The van der Waals surface area contributed by atoms with Gasteiger partial charge in [0.2, 0.25) is 21.8 Å². The van der Waals surface area contributed by atoms with Crippen molar-refractivity contribution in [1.82, 2.24) is 20.3 Å². The van der Waals surface area contributed by atoms with Crippen molar-refractivity contribution >= 4 is 27.7 Å². The molecule has 3 aromatic rings. The summed E-state index contributed by atoms with van der Waals surface area (Å²) in [6.45, 7) is 0.216. The number of sulfonamides is 1. The van der Waals surface area contributed by atoms with Crippen molar-refractivity contribution in [3.63, 3.8) is 0 Å². The zero-order valence-corrected chi connectivity index (χ0v) is 25.7. The number of amides is 2. The fourth-order valence-corrected chi connectivity index (χ4v) is 6.88. The van der Waals surface area contributed by atoms with Gasteiger partial charge in [0.15, 0.2) is 0 Å². The zero-order valence-electron chi connectivity index (χ0n) is 24.9. The number of amidine groups is 1. The van der Waals surface area contributed by atoms with Crippen LogP contribution in [0.15, 0.2) is 79.1 Å². The molecule has 234 valence electrons. The van der Waals surface area contributed by atoms with E-state index < -0.39 is 28.0 Å². The Hall–Kier alpha value is -4.09. The lowest BCUT2D eigenvalue weighted by molar-refractivity contribution is -0.130. The highest BCUT2D eigenvalue weighted by Crippen LogP contribution is 2.28. The molecule has 2 aromatic carbocycles. The van der Waals surface area contributed by atoms with Crippen LogP contribution in [-0.4, -0.2) is 43.1 Å². The fourth-order valence-electron chi connectivity index (χ4n) is 5.53. The van der Waals surface area contributed by atoms with Crippen LogP contribution >= 0.6 is 0 Å². The molecule has 0 aliphatic heterocycles. The first-order valence-corrected chi connectivity index (χ1v) is 16.8. The minimum absolute atomic E-state index is 0.0401. The van der Waals surface area contributed by atoms with E-state index in [4.69, 9.17) is 11.1 Å². The van der Waals surface area contributed by atoms with Gasteiger partial charge >= 0.3 is 0 Å². The van der Waals surface area contributed by atoms with E-state index >= 15 is 0 Å². The number of hydrogen-bond acceptors (Lipinski definition) is 6. The van der Waals surface area contributed by atoms with E-state index in [-0.39, 0.29) is 30.0 Å². The van der Waals surface area contributed by atoms with Gasteiger partial charge in [-0.15, -0.1) is 0 Å². The second-order valence-electron chi connectivity index (χ2n) is 11.4. The number of nitrogens with zero attached hydrogens (tertiary/aromatic N) is 1. The highest BCUT2D eigenvalue weighted by atomic mass is 32.2. The van der Waals surface area contributed by atoms with Gasteiger partial charge in [-0.1, -0.05) is 86.7 Å². The molecule has 1 fully saturated rings. The monoisotopic (exact) mass is 618 g/mol. The maximum absolute atomic E-state index is 13.8. The van der Waals surface area contributed by atoms with E-state index in [0.29, 0.717) is 30.4 Å². The van der Waals surface area contributed by atoms with Gasteiger partial charge in [0.25, 0.3) is 0 Å². The third-order valence-corrected chi connectivity index (χ3v) is 9.32. The molecule has 11 heteroatoms. The maximum Gasteiger partial charge on any atom is 0.242 e. The minimum atomic E-state index is -3.84. The first-order valence-electron chi connectivity index (χ1n) is 15.1. The van der Waals surface area contributed by atoms with Crippen LogP contribution in [0, 0.1) is 11.3 Å². The molecule has 6 N–H and O–H groups in total. The summed E-state index contributed by atoms with van der Waals surface area (Å²) >= 11 is 0. The number of benzene rings is 2. The fraction of sp³-hybridized carbons (Fsp3) is 0.394. The van der Waals surface area contributed by atoms with Gasteiger partial charge < -0.3 is 16.4 Å². The molecule has 1 aliphatic rings. The van der Waals surface area contributed by atoms with Crippen molar-refractivity contribution in [2.24, 2.45) is 11.7 Å². The molecule has 2 amide bonds. The number of nitrogen functional groups attached to an aromatic ring is 1. The Balaban J connectivity index is 1.48. The number of aryl methyl sites for hydroxylation is 1. The minimum Gasteiger partial charge on any atom is -0.384 e. The van der Waals surface area contributed by atoms with Crippen LogP contribution in [0.5, 0.6) is 0 Å². The molecule has 1 aromatic heterocycles. The summed E-state index contributed by atoms with van der Waals surface area (Å²) in [7, 11) is -3.84. The van der Waals surface area contributed by atoms with Crippen molar-refractivity contribution in [1.29, 1.82) is 5.41 Å². The van der Waals surface area contributed by atoms with Crippen molar-refractivity contribution < 1.29 is 18.0 Å². The van der Waals surface area contributed by atoms with Gasteiger partial charge in [-0.05, 0) is 54.0 Å². The highest BCUT2D eigenvalue weighted by molar-refractivity contribution is 7.88. The molecule has 0 radical (unpaired) electrons. The third-order valence-electron chi connectivity index (χ3n) is 7.97. The lowest BCUT2D eigenvalue weighted by atomic mass is 9.85. The van der Waals surface area contributed by atoms with E-state index in [0.717, 1.165) is 43.2 Å². The molecule has 4 rings (SSSR count). The molecular weight excluding hydrogens is 576 g/mol. The molecule has 10 nitrogen and oxygen atoms in total. The number of carbonyl (C=O) groups excluding carboxylic acids is 2. The lowest BCUT2D eigenvalue weighted by Gasteiger charge is -2.28. The summed E-state index contributed by atoms with van der Waals surface area (Å²) in [6, 6.07) is 17.7. The van der Waals surface area contributed by atoms with Gasteiger partial charge in [-0.2, -0.15) is 0 Å². The normalized spacial score (nSPS) is 15.2. The quantitative estimate of drug-likeness (QED) is 0.129. The number of aromatic nitrogens is 1. The van der Waals surface area contributed by atoms with Crippen molar-refractivity contribution in [2.45, 2.75) is 75.7 Å². The van der Waals surface area contributed by atoms with Crippen LogP contribution in [0.3, 0.4) is 0 Å². The molecule has 0 saturated heterocycles. The van der Waals surface area contributed by atoms with E-state index in [1.165, 1.54) is 0 Å². The number of carbonyl (C=O) groups is 2. The second-order valence-corrected chi connectivity index (χ2v) is 13.2. The van der Waals surface area contributed by atoms with Gasteiger partial charge in [-0.3, -0.25) is 20.0 Å². The van der Waals surface area contributed by atoms with E-state index in [9.17, 15) is 18.0 Å². The molecule has 1 aliphatic carbocycles. The smallest absolute Gasteiger partial charge is 0.242 e. The summed E-state index contributed by atoms with van der Waals surface area (Å²) in [6.07, 6.45) is 9.70. The predicted octanol–water partition coefficient (Wildman–Crippen LogP) is 3.56. The van der Waals surface area contributed by atoms with Crippen LogP contribution < -0.4 is 21.1 Å². The van der Waals surface area contributed by atoms with E-state index in [1.807, 2.05) is 18.2 Å². The Bertz CT molecular complexity index is 1480. The summed E-state index contributed by atoms with van der Waals surface area (Å²) in [5.74, 6) is -0.932. The summed E-state index contributed by atoms with van der Waals surface area (Å²) in [5.41, 5.74) is 8.53. The SMILES string of the molecule is N=C(N)c1ccc(CNC(=O)[C@@H](CCc2ccncc2)NC(=O)[C@@H](CC2CCCCC2)NS(=O)(=O)Cc2ccccc2)cc1. The summed E-state index contributed by atoms with van der Waals surface area (Å²) < 4.78 is 29.1. The molecule has 0 unspecified atom stereocenters. The number of pyridine rings is 1. The second kappa shape index (κ2) is 16.1. The molecule has 0 spiro atoms. The first kappa shape index (κ1) is 32.8.